The fourth-order valence-electron chi connectivity index (χ4n) is 5.47. The first-order valence-corrected chi connectivity index (χ1v) is 14.5. The number of hydrogen-bond donors (Lipinski definition) is 1. The maximum absolute atomic E-state index is 13.4. The van der Waals surface area contributed by atoms with Crippen molar-refractivity contribution >= 4 is 34.4 Å². The number of amides is 1. The molecule has 1 aliphatic rings. The number of carbonyl (C=O) groups excluding carboxylic acids is 2. The first-order valence-electron chi connectivity index (χ1n) is 14.5. The van der Waals surface area contributed by atoms with E-state index in [-0.39, 0.29) is 23.5 Å². The summed E-state index contributed by atoms with van der Waals surface area (Å²) in [6, 6.07) is 22.7. The van der Waals surface area contributed by atoms with Gasteiger partial charge in [0.1, 0.15) is 23.0 Å². The zero-order valence-electron chi connectivity index (χ0n) is 24.5. The lowest BCUT2D eigenvalue weighted by molar-refractivity contribution is 0.0600. The number of anilines is 2. The zero-order valence-corrected chi connectivity index (χ0v) is 24.5. The molecule has 5 aromatic rings. The van der Waals surface area contributed by atoms with Crippen LogP contribution in [0.2, 0.25) is 0 Å². The minimum absolute atomic E-state index is 0.238. The standard InChI is InChI=1S/C35H32FN3O5/c1-22-30-19-25(24-6-9-27(36)10-7-24)8-12-31(30)44-33(22)34(40)38-28-11-13-32(37-20-28)39-16-14-23(15-17-39)21-43-29-5-3-4-26(18-29)35(41)42-2/h3-13,18-20,23H,14-17,21H2,1-2H3,(H,38,40). The van der Waals surface area contributed by atoms with Gasteiger partial charge >= 0.3 is 5.97 Å². The van der Waals surface area contributed by atoms with Crippen molar-refractivity contribution in [2.75, 3.05) is 37.0 Å². The number of halogens is 1. The second kappa shape index (κ2) is 12.6. The first-order chi connectivity index (χ1) is 21.4. The molecule has 0 unspecified atom stereocenters. The highest BCUT2D eigenvalue weighted by Gasteiger charge is 2.22. The van der Waals surface area contributed by atoms with E-state index in [1.807, 2.05) is 43.3 Å². The van der Waals surface area contributed by atoms with Gasteiger partial charge in [-0.2, -0.15) is 0 Å². The first kappa shape index (κ1) is 28.9. The summed E-state index contributed by atoms with van der Waals surface area (Å²) in [5, 5.41) is 3.72. The molecule has 0 atom stereocenters. The van der Waals surface area contributed by atoms with Gasteiger partial charge in [-0.15, -0.1) is 0 Å². The Hall–Kier alpha value is -5.18. The van der Waals surface area contributed by atoms with Crippen molar-refractivity contribution in [3.63, 3.8) is 0 Å². The lowest BCUT2D eigenvalue weighted by atomic mass is 9.98. The van der Waals surface area contributed by atoms with Crippen molar-refractivity contribution in [1.29, 1.82) is 0 Å². The van der Waals surface area contributed by atoms with Crippen LogP contribution < -0.4 is 15.0 Å². The molecule has 224 valence electrons. The summed E-state index contributed by atoms with van der Waals surface area (Å²) in [7, 11) is 1.36. The number of hydrogen-bond acceptors (Lipinski definition) is 7. The number of fused-ring (bicyclic) bond motifs is 1. The third-order valence-corrected chi connectivity index (χ3v) is 8.01. The molecular weight excluding hydrogens is 561 g/mol. The van der Waals surface area contributed by atoms with E-state index in [1.165, 1.54) is 19.2 Å². The van der Waals surface area contributed by atoms with E-state index in [0.717, 1.165) is 53.8 Å². The average molecular weight is 594 g/mol. The highest BCUT2D eigenvalue weighted by molar-refractivity contribution is 6.06. The van der Waals surface area contributed by atoms with Gasteiger partial charge in [-0.3, -0.25) is 4.79 Å². The van der Waals surface area contributed by atoms with Crippen LogP contribution in [0.3, 0.4) is 0 Å². The van der Waals surface area contributed by atoms with Crippen LogP contribution in [0.4, 0.5) is 15.9 Å². The summed E-state index contributed by atoms with van der Waals surface area (Å²) in [5.74, 6) is 1.11. The average Bonchev–Trinajstić information content (AvgIpc) is 3.40. The molecule has 6 rings (SSSR count). The number of aryl methyl sites for hydroxylation is 1. The summed E-state index contributed by atoms with van der Waals surface area (Å²) in [6.07, 6.45) is 3.55. The molecule has 0 radical (unpaired) electrons. The predicted molar refractivity (Wildman–Crippen MR) is 167 cm³/mol. The van der Waals surface area contributed by atoms with Gasteiger partial charge in [0.15, 0.2) is 5.76 Å². The smallest absolute Gasteiger partial charge is 0.337 e. The highest BCUT2D eigenvalue weighted by Crippen LogP contribution is 2.31. The molecule has 1 N–H and O–H groups in total. The molecule has 8 nitrogen and oxygen atoms in total. The number of nitrogens with one attached hydrogen (secondary N) is 1. The number of furan rings is 1. The second-order valence-corrected chi connectivity index (χ2v) is 10.9. The van der Waals surface area contributed by atoms with Crippen LogP contribution >= 0.6 is 0 Å². The van der Waals surface area contributed by atoms with Gasteiger partial charge in [-0.05, 0) is 91.4 Å². The van der Waals surface area contributed by atoms with Crippen molar-refractivity contribution in [3.8, 4) is 16.9 Å². The minimum atomic E-state index is -0.385. The Morgan fingerprint density at radius 3 is 2.50 bits per heavy atom. The molecule has 0 bridgehead atoms. The van der Waals surface area contributed by atoms with Crippen LogP contribution in [-0.2, 0) is 4.74 Å². The zero-order chi connectivity index (χ0) is 30.6. The van der Waals surface area contributed by atoms with E-state index >= 15 is 0 Å². The van der Waals surface area contributed by atoms with Gasteiger partial charge < -0.3 is 24.1 Å². The fraction of sp³-hybridized carbons (Fsp3) is 0.229. The number of piperidine rings is 1. The van der Waals surface area contributed by atoms with E-state index in [2.05, 4.69) is 15.2 Å². The summed E-state index contributed by atoms with van der Waals surface area (Å²) in [6.45, 7) is 4.11. The number of carbonyl (C=O) groups is 2. The molecule has 1 fully saturated rings. The molecule has 9 heteroatoms. The predicted octanol–water partition coefficient (Wildman–Crippen LogP) is 7.28. The van der Waals surface area contributed by atoms with E-state index in [1.54, 1.807) is 36.5 Å². The van der Waals surface area contributed by atoms with E-state index in [4.69, 9.17) is 13.9 Å². The van der Waals surface area contributed by atoms with Gasteiger partial charge in [0.2, 0.25) is 0 Å². The summed E-state index contributed by atoms with van der Waals surface area (Å²) in [4.78, 5) is 31.7. The number of ether oxygens (including phenoxy) is 2. The van der Waals surface area contributed by atoms with E-state index in [9.17, 15) is 14.0 Å². The normalized spacial score (nSPS) is 13.6. The molecule has 0 aliphatic carbocycles. The number of esters is 1. The van der Waals surface area contributed by atoms with Gasteiger partial charge in [-0.25, -0.2) is 14.2 Å². The number of rotatable bonds is 8. The fourth-order valence-corrected chi connectivity index (χ4v) is 5.47. The van der Waals surface area contributed by atoms with Crippen molar-refractivity contribution in [1.82, 2.24) is 4.98 Å². The monoisotopic (exact) mass is 593 g/mol. The van der Waals surface area contributed by atoms with E-state index in [0.29, 0.717) is 35.1 Å². The quantitative estimate of drug-likeness (QED) is 0.189. The van der Waals surface area contributed by atoms with Crippen LogP contribution in [0, 0.1) is 18.7 Å². The van der Waals surface area contributed by atoms with Crippen LogP contribution in [0.15, 0.2) is 89.5 Å². The second-order valence-electron chi connectivity index (χ2n) is 10.9. The Morgan fingerprint density at radius 1 is 1.00 bits per heavy atom. The maximum atomic E-state index is 13.4. The molecule has 3 aromatic carbocycles. The Morgan fingerprint density at radius 2 is 1.77 bits per heavy atom. The number of aromatic nitrogens is 1. The molecule has 0 spiro atoms. The Bertz CT molecular complexity index is 1790. The van der Waals surface area contributed by atoms with E-state index < -0.39 is 0 Å². The van der Waals surface area contributed by atoms with Crippen LogP contribution in [0.5, 0.6) is 5.75 Å². The van der Waals surface area contributed by atoms with Gasteiger partial charge in [-0.1, -0.05) is 24.3 Å². The number of benzene rings is 3. The van der Waals surface area contributed by atoms with Gasteiger partial charge in [0.25, 0.3) is 5.91 Å². The molecule has 44 heavy (non-hydrogen) atoms. The van der Waals surface area contributed by atoms with Crippen LogP contribution in [0.1, 0.15) is 39.3 Å². The lowest BCUT2D eigenvalue weighted by Gasteiger charge is -2.32. The van der Waals surface area contributed by atoms with Gasteiger partial charge in [0, 0.05) is 24.0 Å². The molecule has 0 saturated carbocycles. The summed E-state index contributed by atoms with van der Waals surface area (Å²) >= 11 is 0. The van der Waals surface area contributed by atoms with Crippen molar-refractivity contribution in [2.45, 2.75) is 19.8 Å². The SMILES string of the molecule is COC(=O)c1cccc(OCC2CCN(c3ccc(NC(=O)c4oc5ccc(-c6ccc(F)cc6)cc5c4C)cn3)CC2)c1. The molecule has 3 heterocycles. The maximum Gasteiger partial charge on any atom is 0.337 e. The number of pyridine rings is 1. The molecule has 1 aliphatic heterocycles. The molecular formula is C35H32FN3O5. The third-order valence-electron chi connectivity index (χ3n) is 8.01. The van der Waals surface area contributed by atoms with Crippen molar-refractivity contribution in [2.24, 2.45) is 5.92 Å². The topological polar surface area (TPSA) is 93.9 Å². The minimum Gasteiger partial charge on any atom is -0.493 e. The number of methoxy groups -OCH3 is 1. The Balaban J connectivity index is 1.04. The van der Waals surface area contributed by atoms with Gasteiger partial charge in [0.05, 0.1) is 31.2 Å². The van der Waals surface area contributed by atoms with Crippen molar-refractivity contribution in [3.05, 3.63) is 108 Å². The van der Waals surface area contributed by atoms with Crippen LogP contribution in [-0.4, -0.2) is 43.7 Å². The molecule has 1 amide bonds. The Labute approximate surface area is 254 Å². The molecule has 1 saturated heterocycles. The number of nitrogens with zero attached hydrogens (tertiary/aromatic N) is 2. The third kappa shape index (κ3) is 6.27. The van der Waals surface area contributed by atoms with Crippen molar-refractivity contribution < 1.29 is 27.9 Å². The van der Waals surface area contributed by atoms with Crippen LogP contribution in [0.25, 0.3) is 22.1 Å². The summed E-state index contributed by atoms with van der Waals surface area (Å²) in [5.41, 5.74) is 4.17. The summed E-state index contributed by atoms with van der Waals surface area (Å²) < 4.78 is 30.0. The Kier molecular flexibility index (Phi) is 8.27. The largest absolute Gasteiger partial charge is 0.493 e. The molecule has 2 aromatic heterocycles. The lowest BCUT2D eigenvalue weighted by Crippen LogP contribution is -2.36. The highest BCUT2D eigenvalue weighted by atomic mass is 19.1.